The van der Waals surface area contributed by atoms with Crippen molar-refractivity contribution in [2.45, 2.75) is 119 Å². The van der Waals surface area contributed by atoms with Gasteiger partial charge >= 0.3 is 41.9 Å². The molecular weight excluding hydrogens is 793 g/mol. The Balaban J connectivity index is 1.16. The Morgan fingerprint density at radius 1 is 0.518 bits per heavy atom. The lowest BCUT2D eigenvalue weighted by Gasteiger charge is -2.41. The summed E-state index contributed by atoms with van der Waals surface area (Å²) in [5.74, 6) is -40.1. The van der Waals surface area contributed by atoms with Crippen LogP contribution in [-0.2, 0) is 0 Å². The molecule has 1 aliphatic heterocycles. The van der Waals surface area contributed by atoms with E-state index in [0.29, 0.717) is 35.6 Å². The number of alkyl halides is 15. The van der Waals surface area contributed by atoms with Crippen LogP contribution in [0, 0.1) is 5.92 Å². The van der Waals surface area contributed by atoms with Gasteiger partial charge in [0.05, 0.1) is 0 Å². The van der Waals surface area contributed by atoms with Gasteiger partial charge in [0.15, 0.2) is 17.3 Å². The zero-order valence-electron chi connectivity index (χ0n) is 28.9. The maximum absolute atomic E-state index is 14.2. The van der Waals surface area contributed by atoms with Crippen LogP contribution in [0.5, 0.6) is 17.2 Å². The standard InChI is InChI=1S/C36H33F15N2O3/c37-30(38,31(39,40)33(43,44)35(47,48)49)32(41,42)34(45,46)36(50,51)56-25-15-12-22(13-16-25)24-19-52-29(53-20-24)23-14-17-26-27(18-23)55-28(54-26)9-7-5-3-1-2-4-6-8-21-10-11-21/h12-21,28H,1-11H2. The molecule has 1 aromatic heterocycles. The topological polar surface area (TPSA) is 53.5 Å². The second-order valence-corrected chi connectivity index (χ2v) is 13.6. The number of fused-ring (bicyclic) bond motifs is 1. The predicted octanol–water partition coefficient (Wildman–Crippen LogP) is 12.5. The Kier molecular flexibility index (Phi) is 12.0. The quantitative estimate of drug-likeness (QED) is 0.0890. The molecule has 0 spiro atoms. The maximum atomic E-state index is 14.2. The first-order valence-electron chi connectivity index (χ1n) is 17.4. The van der Waals surface area contributed by atoms with Crippen molar-refractivity contribution in [3.05, 3.63) is 54.9 Å². The van der Waals surface area contributed by atoms with Crippen LogP contribution in [-0.4, -0.2) is 58.2 Å². The van der Waals surface area contributed by atoms with E-state index in [0.717, 1.165) is 37.3 Å². The second kappa shape index (κ2) is 15.7. The van der Waals surface area contributed by atoms with Gasteiger partial charge in [-0.1, -0.05) is 69.9 Å². The molecule has 0 amide bonds. The molecule has 1 fully saturated rings. The molecule has 1 aliphatic carbocycles. The zero-order chi connectivity index (χ0) is 41.4. The summed E-state index contributed by atoms with van der Waals surface area (Å²) in [6.45, 7) is 0. The van der Waals surface area contributed by atoms with E-state index in [9.17, 15) is 65.9 Å². The third-order valence-electron chi connectivity index (χ3n) is 9.35. The van der Waals surface area contributed by atoms with Crippen molar-refractivity contribution >= 4 is 0 Å². The van der Waals surface area contributed by atoms with Gasteiger partial charge in [-0.2, -0.15) is 65.9 Å². The highest BCUT2D eigenvalue weighted by atomic mass is 19.4. The van der Waals surface area contributed by atoms with Crippen LogP contribution in [0.15, 0.2) is 54.9 Å². The van der Waals surface area contributed by atoms with Crippen LogP contribution in [0.4, 0.5) is 65.9 Å². The summed E-state index contributed by atoms with van der Waals surface area (Å²) < 4.78 is 217. The molecule has 0 saturated heterocycles. The molecule has 2 aromatic carbocycles. The van der Waals surface area contributed by atoms with Crippen molar-refractivity contribution in [2.24, 2.45) is 5.92 Å². The number of aromatic nitrogens is 2. The predicted molar refractivity (Wildman–Crippen MR) is 169 cm³/mol. The van der Waals surface area contributed by atoms with Crippen LogP contribution in [0.1, 0.15) is 70.6 Å². The van der Waals surface area contributed by atoms with E-state index in [1.54, 1.807) is 18.2 Å². The van der Waals surface area contributed by atoms with Crippen LogP contribution in [0.2, 0.25) is 0 Å². The highest BCUT2D eigenvalue weighted by Crippen LogP contribution is 2.62. The molecule has 5 nitrogen and oxygen atoms in total. The van der Waals surface area contributed by atoms with Crippen molar-refractivity contribution in [1.82, 2.24) is 9.97 Å². The smallest absolute Gasteiger partial charge is 0.451 e. The normalized spacial score (nSPS) is 17.0. The average molecular weight is 827 g/mol. The molecule has 1 saturated carbocycles. The van der Waals surface area contributed by atoms with Gasteiger partial charge in [0.2, 0.25) is 6.29 Å². The second-order valence-electron chi connectivity index (χ2n) is 13.6. The molecular formula is C36H33F15N2O3. The highest BCUT2D eigenvalue weighted by molar-refractivity contribution is 5.66. The van der Waals surface area contributed by atoms with Crippen LogP contribution < -0.4 is 14.2 Å². The lowest BCUT2D eigenvalue weighted by Crippen LogP contribution is -2.73. The summed E-state index contributed by atoms with van der Waals surface area (Å²) in [6, 6.07) is 7.51. The van der Waals surface area contributed by atoms with Crippen LogP contribution >= 0.6 is 0 Å². The number of benzene rings is 2. The minimum atomic E-state index is -8.40. The number of nitrogens with zero attached hydrogens (tertiary/aromatic N) is 2. The molecule has 0 bridgehead atoms. The molecule has 0 N–H and O–H groups in total. The Morgan fingerprint density at radius 2 is 1.00 bits per heavy atom. The lowest BCUT2D eigenvalue weighted by atomic mass is 9.93. The Morgan fingerprint density at radius 3 is 1.55 bits per heavy atom. The molecule has 1 atom stereocenters. The zero-order valence-corrected chi connectivity index (χ0v) is 28.9. The Hall–Kier alpha value is -4.13. The fourth-order valence-electron chi connectivity index (χ4n) is 5.80. The molecule has 3 aromatic rings. The maximum Gasteiger partial charge on any atom is 0.471 e. The van der Waals surface area contributed by atoms with E-state index in [-0.39, 0.29) is 17.0 Å². The van der Waals surface area contributed by atoms with Crippen molar-refractivity contribution in [1.29, 1.82) is 0 Å². The van der Waals surface area contributed by atoms with Crippen molar-refractivity contribution in [2.75, 3.05) is 0 Å². The molecule has 56 heavy (non-hydrogen) atoms. The van der Waals surface area contributed by atoms with Crippen molar-refractivity contribution in [3.63, 3.8) is 0 Å². The molecule has 20 heteroatoms. The summed E-state index contributed by atoms with van der Waals surface area (Å²) in [5.41, 5.74) is 0.734. The molecule has 310 valence electrons. The summed E-state index contributed by atoms with van der Waals surface area (Å²) in [5, 5.41) is 0. The molecule has 2 heterocycles. The van der Waals surface area contributed by atoms with E-state index in [2.05, 4.69) is 14.7 Å². The largest absolute Gasteiger partial charge is 0.471 e. The average Bonchev–Trinajstić information content (AvgIpc) is 3.86. The molecule has 0 radical (unpaired) electrons. The molecule has 5 rings (SSSR count). The number of rotatable bonds is 19. The Labute approximate surface area is 309 Å². The molecule has 2 aliphatic rings. The van der Waals surface area contributed by atoms with E-state index < -0.39 is 53.9 Å². The van der Waals surface area contributed by atoms with Gasteiger partial charge in [0.1, 0.15) is 5.75 Å². The van der Waals surface area contributed by atoms with Gasteiger partial charge in [0.25, 0.3) is 0 Å². The molecule has 1 unspecified atom stereocenters. The summed E-state index contributed by atoms with van der Waals surface area (Å²) in [4.78, 5) is 8.39. The summed E-state index contributed by atoms with van der Waals surface area (Å²) in [6.07, 6.45) is 0.385. The monoisotopic (exact) mass is 826 g/mol. The van der Waals surface area contributed by atoms with Crippen LogP contribution in [0.25, 0.3) is 22.5 Å². The van der Waals surface area contributed by atoms with Gasteiger partial charge in [0, 0.05) is 29.9 Å². The number of halogens is 15. The first-order valence-corrected chi connectivity index (χ1v) is 17.4. The third-order valence-corrected chi connectivity index (χ3v) is 9.35. The summed E-state index contributed by atoms with van der Waals surface area (Å²) in [7, 11) is 0. The SMILES string of the molecule is FC(F)(F)C(F)(F)C(F)(F)C(F)(F)C(F)(F)C(F)(F)C(F)(F)Oc1ccc(-c2cnc(-c3ccc4c(c3)OC(CCCCCCCCCC3CC3)O4)nc2)cc1. The third kappa shape index (κ3) is 8.43. The van der Waals surface area contributed by atoms with Crippen molar-refractivity contribution < 1.29 is 80.1 Å². The van der Waals surface area contributed by atoms with Crippen molar-refractivity contribution in [3.8, 4) is 39.8 Å². The van der Waals surface area contributed by atoms with E-state index >= 15 is 0 Å². The van der Waals surface area contributed by atoms with Gasteiger partial charge in [-0.05, 0) is 48.2 Å². The van der Waals surface area contributed by atoms with Gasteiger partial charge in [-0.3, -0.25) is 0 Å². The minimum absolute atomic E-state index is 0.0620. The Bertz CT molecular complexity index is 1780. The van der Waals surface area contributed by atoms with Gasteiger partial charge in [-0.15, -0.1) is 0 Å². The number of unbranched alkanes of at least 4 members (excludes halogenated alkanes) is 6. The number of ether oxygens (including phenoxy) is 3. The minimum Gasteiger partial charge on any atom is -0.451 e. The summed E-state index contributed by atoms with van der Waals surface area (Å²) >= 11 is 0. The van der Waals surface area contributed by atoms with E-state index in [1.165, 1.54) is 57.3 Å². The highest BCUT2D eigenvalue weighted by Gasteiger charge is 2.94. The van der Waals surface area contributed by atoms with Gasteiger partial charge in [-0.25, -0.2) is 9.97 Å². The fourth-order valence-corrected chi connectivity index (χ4v) is 5.80. The van der Waals surface area contributed by atoms with Gasteiger partial charge < -0.3 is 14.2 Å². The lowest BCUT2D eigenvalue weighted by molar-refractivity contribution is -0.465. The van der Waals surface area contributed by atoms with Crippen LogP contribution in [0.3, 0.4) is 0 Å². The first-order chi connectivity index (χ1) is 25.9. The van der Waals surface area contributed by atoms with E-state index in [1.807, 2.05) is 0 Å². The number of hydrogen-bond donors (Lipinski definition) is 0. The fraction of sp³-hybridized carbons (Fsp3) is 0.556. The first kappa shape index (κ1) is 43.0. The van der Waals surface area contributed by atoms with E-state index in [4.69, 9.17) is 9.47 Å². The number of hydrogen-bond acceptors (Lipinski definition) is 5.